The van der Waals surface area contributed by atoms with Gasteiger partial charge in [0.25, 0.3) is 5.91 Å². The molecule has 6 aromatic carbocycles. The summed E-state index contributed by atoms with van der Waals surface area (Å²) in [6.45, 7) is 12.6. The van der Waals surface area contributed by atoms with Crippen LogP contribution in [-0.4, -0.2) is 109 Å². The molecule has 3 aliphatic rings. The van der Waals surface area contributed by atoms with Crippen LogP contribution in [0.4, 0.5) is 25.8 Å². The molecule has 3 N–H and O–H groups in total. The van der Waals surface area contributed by atoms with Crippen molar-refractivity contribution in [2.24, 2.45) is 5.73 Å². The third-order valence-corrected chi connectivity index (χ3v) is 14.7. The Balaban J connectivity index is 0.000000172. The van der Waals surface area contributed by atoms with Crippen molar-refractivity contribution in [3.8, 4) is 11.5 Å². The summed E-state index contributed by atoms with van der Waals surface area (Å²) in [7, 11) is 0. The van der Waals surface area contributed by atoms with Crippen molar-refractivity contribution < 1.29 is 27.8 Å². The number of unbranched alkanes of at least 4 members (excludes halogenated alkanes) is 1. The van der Waals surface area contributed by atoms with Crippen molar-refractivity contribution in [2.45, 2.75) is 45.2 Å². The number of nitrogens with one attached hydrogen (secondary N) is 1. The monoisotopic (exact) mass is 1010 g/mol. The number of halogens is 2. The summed E-state index contributed by atoms with van der Waals surface area (Å²) in [5, 5.41) is 5.44. The highest BCUT2D eigenvalue weighted by molar-refractivity contribution is 5.96. The highest BCUT2D eigenvalue weighted by Crippen LogP contribution is 2.32. The Hall–Kier alpha value is -7.68. The molecule has 3 aliphatic heterocycles. The zero-order chi connectivity index (χ0) is 51.5. The number of benzene rings is 6. The predicted octanol–water partition coefficient (Wildman–Crippen LogP) is 10.2. The number of rotatable bonds is 18. The number of aryl methyl sites for hydroxylation is 1. The van der Waals surface area contributed by atoms with Gasteiger partial charge in [0.1, 0.15) is 23.1 Å². The fraction of sp³-hybridized carbons (Fsp3) is 0.311. The zero-order valence-electron chi connectivity index (χ0n) is 42.5. The number of carbonyl (C=O) groups is 2. The minimum Gasteiger partial charge on any atom is -0.494 e. The summed E-state index contributed by atoms with van der Waals surface area (Å²) >= 11 is 0. The van der Waals surface area contributed by atoms with Crippen LogP contribution in [0.2, 0.25) is 0 Å². The number of para-hydroxylation sites is 1. The molecule has 11 rings (SSSR count). The largest absolute Gasteiger partial charge is 0.494 e. The van der Waals surface area contributed by atoms with E-state index in [0.717, 1.165) is 126 Å². The van der Waals surface area contributed by atoms with Crippen molar-refractivity contribution in [3.05, 3.63) is 186 Å². The van der Waals surface area contributed by atoms with E-state index in [4.69, 9.17) is 15.2 Å². The second-order valence-corrected chi connectivity index (χ2v) is 19.7. The standard InChI is InChI=1S/C32H35FN4O2.C29H31FN4O2/c33-26-10-6-24(7-11-26)23-37-16-14-28-30(4-3-5-31(28)37)36-19-17-35(18-20-36)15-1-2-21-39-27-12-8-25-9-13-32(38)34-29(25)22-27;30-23-7-3-6-22(20-23)21-34-14-12-24-26(9-4-10-27(24)34)33-17-15-32(16-18-33)13-5-19-36-28-11-2-1-8-25(28)29(31)35/h3-8,10-12,14,16,22H,1-2,9,13,15,17-21,23H2,(H,34,38);1-4,6-12,14,20H,5,13,15-19,21H2,(H2,31,35). The van der Waals surface area contributed by atoms with Gasteiger partial charge in [0.15, 0.2) is 0 Å². The van der Waals surface area contributed by atoms with Crippen LogP contribution in [0.5, 0.6) is 11.5 Å². The molecule has 388 valence electrons. The van der Waals surface area contributed by atoms with Crippen LogP contribution in [0.25, 0.3) is 21.8 Å². The van der Waals surface area contributed by atoms with E-state index in [9.17, 15) is 18.4 Å². The lowest BCUT2D eigenvalue weighted by atomic mass is 10.0. The van der Waals surface area contributed by atoms with Crippen LogP contribution in [0.1, 0.15) is 52.7 Å². The van der Waals surface area contributed by atoms with Gasteiger partial charge < -0.3 is 39.5 Å². The maximum Gasteiger partial charge on any atom is 0.252 e. The van der Waals surface area contributed by atoms with Crippen LogP contribution < -0.4 is 30.3 Å². The number of aromatic nitrogens is 2. The first kappa shape index (κ1) is 50.8. The van der Waals surface area contributed by atoms with Gasteiger partial charge in [-0.15, -0.1) is 0 Å². The van der Waals surface area contributed by atoms with Crippen LogP contribution in [-0.2, 0) is 24.3 Å². The second kappa shape index (κ2) is 24.1. The Morgan fingerprint density at radius 3 is 1.83 bits per heavy atom. The molecule has 14 heteroatoms. The number of nitrogens with zero attached hydrogens (tertiary/aromatic N) is 6. The molecule has 8 aromatic rings. The minimum absolute atomic E-state index is 0.0803. The molecule has 5 heterocycles. The highest BCUT2D eigenvalue weighted by Gasteiger charge is 2.22. The fourth-order valence-corrected chi connectivity index (χ4v) is 10.6. The molecule has 2 saturated heterocycles. The Morgan fingerprint density at radius 1 is 0.560 bits per heavy atom. The number of fused-ring (bicyclic) bond motifs is 3. The molecular weight excluding hydrogens is 947 g/mol. The quantitative estimate of drug-likeness (QED) is 0.0818. The molecule has 0 saturated carbocycles. The smallest absolute Gasteiger partial charge is 0.252 e. The van der Waals surface area contributed by atoms with Gasteiger partial charge in [-0.2, -0.15) is 0 Å². The van der Waals surface area contributed by atoms with E-state index in [-0.39, 0.29) is 17.5 Å². The highest BCUT2D eigenvalue weighted by atomic mass is 19.1. The van der Waals surface area contributed by atoms with Crippen LogP contribution in [0.3, 0.4) is 0 Å². The van der Waals surface area contributed by atoms with Gasteiger partial charge in [-0.05, 0) is 128 Å². The number of hydrogen-bond donors (Lipinski definition) is 2. The summed E-state index contributed by atoms with van der Waals surface area (Å²) in [5.41, 5.74) is 14.9. The number of hydrogen-bond acceptors (Lipinski definition) is 8. The fourth-order valence-electron chi connectivity index (χ4n) is 10.6. The summed E-state index contributed by atoms with van der Waals surface area (Å²) in [5.74, 6) is 0.577. The van der Waals surface area contributed by atoms with E-state index < -0.39 is 5.91 Å². The first-order valence-corrected chi connectivity index (χ1v) is 26.4. The lowest BCUT2D eigenvalue weighted by Crippen LogP contribution is -2.46. The Kier molecular flexibility index (Phi) is 16.3. The van der Waals surface area contributed by atoms with Gasteiger partial charge in [-0.25, -0.2) is 8.78 Å². The first-order valence-electron chi connectivity index (χ1n) is 26.4. The number of amides is 2. The summed E-state index contributed by atoms with van der Waals surface area (Å²) in [6, 6.07) is 44.0. The molecule has 2 aromatic heterocycles. The SMILES string of the molecule is NC(=O)c1ccccc1OCCCN1CCN(c2cccc3c2ccn3Cc2cccc(F)c2)CC1.O=C1CCc2ccc(OCCCCN3CCN(c4cccc5c4ccn5Cc4ccc(F)cc4)CC3)cc2N1. The van der Waals surface area contributed by atoms with E-state index in [1.165, 1.54) is 51.4 Å². The minimum atomic E-state index is -0.471. The van der Waals surface area contributed by atoms with Crippen molar-refractivity contribution in [2.75, 3.05) is 93.8 Å². The second-order valence-electron chi connectivity index (χ2n) is 19.7. The van der Waals surface area contributed by atoms with Crippen molar-refractivity contribution in [1.82, 2.24) is 18.9 Å². The maximum atomic E-state index is 13.6. The topological polar surface area (TPSA) is 113 Å². The van der Waals surface area contributed by atoms with Gasteiger partial charge in [0.2, 0.25) is 5.91 Å². The summed E-state index contributed by atoms with van der Waals surface area (Å²) in [6.07, 6.45) is 8.57. The van der Waals surface area contributed by atoms with E-state index in [2.05, 4.69) is 101 Å². The lowest BCUT2D eigenvalue weighted by molar-refractivity contribution is -0.116. The number of ether oxygens (including phenoxy) is 2. The summed E-state index contributed by atoms with van der Waals surface area (Å²) < 4.78 is 43.1. The number of nitrogens with two attached hydrogens (primary N) is 1. The Morgan fingerprint density at radius 2 is 1.17 bits per heavy atom. The zero-order valence-corrected chi connectivity index (χ0v) is 42.5. The van der Waals surface area contributed by atoms with Gasteiger partial charge in [-0.1, -0.05) is 54.6 Å². The third kappa shape index (κ3) is 12.8. The van der Waals surface area contributed by atoms with Crippen molar-refractivity contribution in [3.63, 3.8) is 0 Å². The number of piperazine rings is 2. The first-order chi connectivity index (χ1) is 36.7. The molecule has 2 amide bonds. The number of carbonyl (C=O) groups excluding carboxylic acids is 2. The van der Waals surface area contributed by atoms with Crippen LogP contribution >= 0.6 is 0 Å². The summed E-state index contributed by atoms with van der Waals surface area (Å²) in [4.78, 5) is 33.1. The molecule has 0 bridgehead atoms. The molecular formula is C61H66F2N8O4. The molecule has 0 aliphatic carbocycles. The van der Waals surface area contributed by atoms with E-state index in [1.54, 1.807) is 30.3 Å². The normalized spacial score (nSPS) is 15.1. The van der Waals surface area contributed by atoms with Gasteiger partial charge >= 0.3 is 0 Å². The van der Waals surface area contributed by atoms with Gasteiger partial charge in [-0.3, -0.25) is 19.4 Å². The number of primary amides is 1. The third-order valence-electron chi connectivity index (χ3n) is 14.7. The van der Waals surface area contributed by atoms with Crippen molar-refractivity contribution in [1.29, 1.82) is 0 Å². The Labute approximate surface area is 437 Å². The predicted molar refractivity (Wildman–Crippen MR) is 295 cm³/mol. The van der Waals surface area contributed by atoms with E-state index >= 15 is 0 Å². The van der Waals surface area contributed by atoms with E-state index in [0.29, 0.717) is 37.5 Å². The molecule has 2 fully saturated rings. The average Bonchev–Trinajstić information content (AvgIpc) is 4.05. The molecule has 0 atom stereocenters. The molecule has 0 spiro atoms. The molecule has 12 nitrogen and oxygen atoms in total. The molecule has 0 unspecified atom stereocenters. The van der Waals surface area contributed by atoms with Crippen LogP contribution in [0.15, 0.2) is 152 Å². The maximum absolute atomic E-state index is 13.6. The lowest BCUT2D eigenvalue weighted by Gasteiger charge is -2.36. The molecule has 75 heavy (non-hydrogen) atoms. The average molecular weight is 1010 g/mol. The van der Waals surface area contributed by atoms with Crippen LogP contribution in [0, 0.1) is 11.6 Å². The van der Waals surface area contributed by atoms with E-state index in [1.807, 2.05) is 36.4 Å². The number of anilines is 3. The van der Waals surface area contributed by atoms with Gasteiger partial charge in [0.05, 0.1) is 29.8 Å². The van der Waals surface area contributed by atoms with Gasteiger partial charge in [0, 0.05) is 125 Å². The Bertz CT molecular complexity index is 3210. The molecule has 0 radical (unpaired) electrons. The van der Waals surface area contributed by atoms with Crippen molar-refractivity contribution >= 4 is 50.7 Å².